The van der Waals surface area contributed by atoms with Gasteiger partial charge in [-0.1, -0.05) is 47.0 Å². The molecule has 0 saturated carbocycles. The van der Waals surface area contributed by atoms with Crippen LogP contribution < -0.4 is 0 Å². The Bertz CT molecular complexity index is 421. The summed E-state index contributed by atoms with van der Waals surface area (Å²) in [6, 6.07) is 0. The van der Waals surface area contributed by atoms with Crippen molar-refractivity contribution >= 4 is 68.6 Å². The highest BCUT2D eigenvalue weighted by Crippen LogP contribution is 2.85. The van der Waals surface area contributed by atoms with Crippen LogP contribution in [-0.4, -0.2) is 22.1 Å². The maximum atomic E-state index is 12.6. The average Bonchev–Trinajstić information content (AvgIpc) is 1.93. The molecule has 8 heteroatoms. The van der Waals surface area contributed by atoms with Gasteiger partial charge in [0.25, 0.3) is 0 Å². The lowest BCUT2D eigenvalue weighted by Gasteiger charge is -2.63. The van der Waals surface area contributed by atoms with Crippen molar-refractivity contribution in [2.24, 2.45) is 0 Å². The van der Waals surface area contributed by atoms with Crippen LogP contribution in [0.4, 0.5) is 0 Å². The van der Waals surface area contributed by atoms with Crippen molar-refractivity contribution in [2.45, 2.75) is 41.3 Å². The van der Waals surface area contributed by atoms with Gasteiger partial charge in [-0.3, -0.25) is 0 Å². The van der Waals surface area contributed by atoms with E-state index in [9.17, 15) is 8.42 Å². The number of thioether (sulfide) groups is 5. The van der Waals surface area contributed by atoms with E-state index in [2.05, 4.69) is 13.8 Å². The maximum absolute atomic E-state index is 12.6. The molecule has 4 bridgehead atoms. The van der Waals surface area contributed by atoms with Gasteiger partial charge in [0.15, 0.2) is 16.7 Å². The topological polar surface area (TPSA) is 34.1 Å². The van der Waals surface area contributed by atoms with Gasteiger partial charge >= 0.3 is 0 Å². The third-order valence-corrected chi connectivity index (χ3v) is 16.1. The van der Waals surface area contributed by atoms with Crippen LogP contribution in [0.1, 0.15) is 27.7 Å². The van der Waals surface area contributed by atoms with E-state index in [-0.39, 0.29) is 6.82 Å². The van der Waals surface area contributed by atoms with Crippen molar-refractivity contribution in [3.63, 3.8) is 0 Å². The van der Waals surface area contributed by atoms with E-state index in [1.54, 1.807) is 47.0 Å². The second-order valence-corrected chi connectivity index (χ2v) is 19.4. The minimum Gasteiger partial charge on any atom is -0.224 e. The molecule has 0 unspecified atom stereocenters. The standard InChI is InChI=1S/C8H12O2S6/c1-5-11-6(2)14-7(3,12-5)16(9,10)8(4,13-5)15-6/h1-4H3. The fourth-order valence-electron chi connectivity index (χ4n) is 2.41. The summed E-state index contributed by atoms with van der Waals surface area (Å²) in [6.45, 7) is 8.09. The quantitative estimate of drug-likeness (QED) is 0.667. The van der Waals surface area contributed by atoms with Crippen molar-refractivity contribution in [1.82, 2.24) is 0 Å². The Morgan fingerprint density at radius 1 is 0.688 bits per heavy atom. The summed E-state index contributed by atoms with van der Waals surface area (Å²) in [5.41, 5.74) is 0. The number of rotatable bonds is 0. The Balaban J connectivity index is 2.26. The molecule has 0 N–H and O–H groups in total. The van der Waals surface area contributed by atoms with E-state index in [0.717, 1.165) is 0 Å². The van der Waals surface area contributed by atoms with Crippen molar-refractivity contribution < 1.29 is 8.42 Å². The lowest BCUT2D eigenvalue weighted by atomic mass is 10.9. The lowest BCUT2D eigenvalue weighted by molar-refractivity contribution is 0.586. The van der Waals surface area contributed by atoms with Crippen LogP contribution in [-0.2, 0) is 9.84 Å². The summed E-state index contributed by atoms with van der Waals surface area (Å²) in [5, 5.41) is 0. The largest absolute Gasteiger partial charge is 0.224 e. The molecule has 4 rings (SSSR count). The molecule has 0 spiro atoms. The molecule has 4 saturated heterocycles. The molecule has 0 aromatic carbocycles. The zero-order valence-corrected chi connectivity index (χ0v) is 14.2. The van der Waals surface area contributed by atoms with Crippen LogP contribution in [0, 0.1) is 0 Å². The first-order valence-electron chi connectivity index (χ1n) is 4.78. The molecule has 4 heterocycles. The Morgan fingerprint density at radius 3 is 1.31 bits per heavy atom. The van der Waals surface area contributed by atoms with Crippen LogP contribution in [0.5, 0.6) is 0 Å². The zero-order valence-electron chi connectivity index (χ0n) is 9.27. The summed E-state index contributed by atoms with van der Waals surface area (Å²) in [5.74, 6) is 0. The molecule has 4 aliphatic rings. The normalized spacial score (nSPS) is 62.5. The molecule has 4 aliphatic heterocycles. The molecule has 4 fully saturated rings. The van der Waals surface area contributed by atoms with E-state index in [4.69, 9.17) is 0 Å². The predicted octanol–water partition coefficient (Wildman–Crippen LogP) is 3.80. The maximum Gasteiger partial charge on any atom is 0.198 e. The van der Waals surface area contributed by atoms with Gasteiger partial charge in [0, 0.05) is 0 Å². The first kappa shape index (κ1) is 12.7. The van der Waals surface area contributed by atoms with E-state index in [1.807, 2.05) is 25.6 Å². The molecule has 0 atom stereocenters. The SMILES string of the molecule is CC12SC3(C)SC(C)(S1)S(=O)(=O)C(C)(S2)S3. The van der Waals surface area contributed by atoms with Gasteiger partial charge in [0.2, 0.25) is 0 Å². The summed E-state index contributed by atoms with van der Waals surface area (Å²) < 4.78 is 23.8. The van der Waals surface area contributed by atoms with Gasteiger partial charge in [0.1, 0.15) is 6.82 Å². The molecule has 2 nitrogen and oxygen atoms in total. The van der Waals surface area contributed by atoms with Crippen molar-refractivity contribution in [3.05, 3.63) is 0 Å². The average molecular weight is 333 g/mol. The summed E-state index contributed by atoms with van der Waals surface area (Å²) >= 11 is 8.31. The third kappa shape index (κ3) is 1.37. The van der Waals surface area contributed by atoms with Gasteiger partial charge in [-0.15, -0.1) is 11.8 Å². The predicted molar refractivity (Wildman–Crippen MR) is 80.5 cm³/mol. The molecule has 0 aromatic rings. The third-order valence-electron chi connectivity index (χ3n) is 2.83. The lowest BCUT2D eigenvalue weighted by Crippen LogP contribution is -2.59. The highest BCUT2D eigenvalue weighted by Gasteiger charge is 2.74. The number of hydrogen-bond acceptors (Lipinski definition) is 7. The summed E-state index contributed by atoms with van der Waals surface area (Å²) in [7, 11) is -3.10. The molecule has 16 heavy (non-hydrogen) atoms. The first-order chi connectivity index (χ1) is 7.04. The Kier molecular flexibility index (Phi) is 2.43. The smallest absolute Gasteiger partial charge is 0.198 e. The molecule has 0 radical (unpaired) electrons. The van der Waals surface area contributed by atoms with Gasteiger partial charge in [-0.25, -0.2) is 8.42 Å². The molecular formula is C8H12O2S6. The van der Waals surface area contributed by atoms with Crippen LogP contribution >= 0.6 is 58.8 Å². The number of sulfone groups is 1. The summed E-state index contributed by atoms with van der Waals surface area (Å²) in [4.78, 5) is 0. The minimum atomic E-state index is -3.10. The van der Waals surface area contributed by atoms with Crippen LogP contribution in [0.2, 0.25) is 0 Å². The van der Waals surface area contributed by atoms with E-state index in [1.165, 1.54) is 0 Å². The second kappa shape index (κ2) is 3.06. The van der Waals surface area contributed by atoms with Gasteiger partial charge < -0.3 is 0 Å². The van der Waals surface area contributed by atoms with E-state index < -0.39 is 16.7 Å². The van der Waals surface area contributed by atoms with E-state index >= 15 is 0 Å². The van der Waals surface area contributed by atoms with Crippen LogP contribution in [0.15, 0.2) is 0 Å². The number of hydrogen-bond donors (Lipinski definition) is 0. The van der Waals surface area contributed by atoms with Gasteiger partial charge in [-0.05, 0) is 27.7 Å². The summed E-state index contributed by atoms with van der Waals surface area (Å²) in [6.07, 6.45) is 0. The van der Waals surface area contributed by atoms with Gasteiger partial charge in [0.05, 0.1) is 0 Å². The van der Waals surface area contributed by atoms with Gasteiger partial charge in [-0.2, -0.15) is 0 Å². The second-order valence-electron chi connectivity index (χ2n) is 4.46. The molecule has 0 amide bonds. The van der Waals surface area contributed by atoms with Crippen molar-refractivity contribution in [2.75, 3.05) is 0 Å². The van der Waals surface area contributed by atoms with Crippen molar-refractivity contribution in [1.29, 1.82) is 0 Å². The molecule has 0 aliphatic carbocycles. The molecule has 0 aromatic heterocycles. The minimum absolute atomic E-state index is 0.0277. The van der Waals surface area contributed by atoms with Crippen LogP contribution in [0.25, 0.3) is 0 Å². The van der Waals surface area contributed by atoms with Crippen LogP contribution in [0.3, 0.4) is 0 Å². The fourth-order valence-corrected chi connectivity index (χ4v) is 25.3. The molecule has 92 valence electrons. The monoisotopic (exact) mass is 332 g/mol. The Morgan fingerprint density at radius 2 is 1.00 bits per heavy atom. The Labute approximate surface area is 118 Å². The van der Waals surface area contributed by atoms with E-state index in [0.29, 0.717) is 0 Å². The zero-order chi connectivity index (χ0) is 12.0. The Hall–Kier alpha value is 1.70. The molecular weight excluding hydrogens is 320 g/mol. The highest BCUT2D eigenvalue weighted by atomic mass is 32.4. The highest BCUT2D eigenvalue weighted by molar-refractivity contribution is 8.63. The van der Waals surface area contributed by atoms with Crippen molar-refractivity contribution in [3.8, 4) is 0 Å². The fraction of sp³-hybridized carbons (Fsp3) is 1.00. The first-order valence-corrected chi connectivity index (χ1v) is 10.3.